The lowest BCUT2D eigenvalue weighted by Gasteiger charge is -2.13. The zero-order valence-electron chi connectivity index (χ0n) is 16.4. The molecule has 0 spiro atoms. The minimum absolute atomic E-state index is 0.199. The molecule has 1 aromatic heterocycles. The maximum atomic E-state index is 13.0. The van der Waals surface area contributed by atoms with Gasteiger partial charge in [-0.15, -0.1) is 0 Å². The lowest BCUT2D eigenvalue weighted by atomic mass is 10.2. The highest BCUT2D eigenvalue weighted by atomic mass is 127. The van der Waals surface area contributed by atoms with Crippen LogP contribution in [0.25, 0.3) is 10.9 Å². The van der Waals surface area contributed by atoms with Crippen molar-refractivity contribution < 1.29 is 9.47 Å². The number of fused-ring (bicyclic) bond motifs is 1. The zero-order chi connectivity index (χ0) is 21.0. The number of aryl methyl sites for hydroxylation is 1. The molecular weight excluding hydrogens is 549 g/mol. The predicted molar refractivity (Wildman–Crippen MR) is 128 cm³/mol. The van der Waals surface area contributed by atoms with E-state index in [4.69, 9.17) is 9.47 Å². The summed E-state index contributed by atoms with van der Waals surface area (Å²) in [5.41, 5.74) is 1.27. The first-order chi connectivity index (χ1) is 14.0. The highest BCUT2D eigenvalue weighted by molar-refractivity contribution is 14.1. The SMILES string of the molecule is CCOc1cc(C=Nn2c(CC)nc3ccc(Br)cc3c2=O)cc(I)c1OCC. The van der Waals surface area contributed by atoms with E-state index in [-0.39, 0.29) is 5.56 Å². The summed E-state index contributed by atoms with van der Waals surface area (Å²) in [6, 6.07) is 9.28. The third-order valence-electron chi connectivity index (χ3n) is 4.13. The second kappa shape index (κ2) is 9.71. The van der Waals surface area contributed by atoms with Crippen LogP contribution in [0.3, 0.4) is 0 Å². The second-order valence-corrected chi connectivity index (χ2v) is 8.18. The summed E-state index contributed by atoms with van der Waals surface area (Å²) in [7, 11) is 0. The first kappa shape index (κ1) is 21.8. The maximum absolute atomic E-state index is 13.0. The zero-order valence-corrected chi connectivity index (χ0v) is 20.2. The molecule has 8 heteroatoms. The van der Waals surface area contributed by atoms with Crippen molar-refractivity contribution in [3.8, 4) is 11.5 Å². The van der Waals surface area contributed by atoms with Crippen molar-refractivity contribution in [2.45, 2.75) is 27.2 Å². The molecule has 3 aromatic rings. The molecule has 3 rings (SSSR count). The van der Waals surface area contributed by atoms with Gasteiger partial charge in [0.2, 0.25) is 0 Å². The van der Waals surface area contributed by atoms with Gasteiger partial charge in [0.1, 0.15) is 5.82 Å². The molecule has 0 fully saturated rings. The van der Waals surface area contributed by atoms with Gasteiger partial charge < -0.3 is 9.47 Å². The van der Waals surface area contributed by atoms with Crippen molar-refractivity contribution in [1.82, 2.24) is 9.66 Å². The fourth-order valence-electron chi connectivity index (χ4n) is 2.88. The molecule has 0 atom stereocenters. The van der Waals surface area contributed by atoms with E-state index in [9.17, 15) is 4.79 Å². The second-order valence-electron chi connectivity index (χ2n) is 6.10. The predicted octanol–water partition coefficient (Wildman–Crippen LogP) is 5.01. The van der Waals surface area contributed by atoms with Crippen molar-refractivity contribution >= 4 is 55.6 Å². The fourth-order valence-corrected chi connectivity index (χ4v) is 4.02. The van der Waals surface area contributed by atoms with Gasteiger partial charge in [0, 0.05) is 10.9 Å². The number of halogens is 2. The van der Waals surface area contributed by atoms with Crippen LogP contribution in [-0.2, 0) is 6.42 Å². The van der Waals surface area contributed by atoms with Crippen LogP contribution < -0.4 is 15.0 Å². The summed E-state index contributed by atoms with van der Waals surface area (Å²) in [4.78, 5) is 17.6. The van der Waals surface area contributed by atoms with Crippen LogP contribution in [0, 0.1) is 3.57 Å². The number of rotatable bonds is 7. The molecule has 0 aliphatic rings. The Morgan fingerprint density at radius 1 is 1.17 bits per heavy atom. The highest BCUT2D eigenvalue weighted by Gasteiger charge is 2.12. The van der Waals surface area contributed by atoms with Crippen molar-refractivity contribution in [1.29, 1.82) is 0 Å². The number of nitrogens with zero attached hydrogens (tertiary/aromatic N) is 3. The lowest BCUT2D eigenvalue weighted by molar-refractivity contribution is 0.286. The van der Waals surface area contributed by atoms with E-state index in [0.29, 0.717) is 42.1 Å². The van der Waals surface area contributed by atoms with Gasteiger partial charge in [0.25, 0.3) is 5.56 Å². The molecule has 0 aliphatic heterocycles. The topological polar surface area (TPSA) is 65.7 Å². The van der Waals surface area contributed by atoms with E-state index >= 15 is 0 Å². The van der Waals surface area contributed by atoms with Crippen LogP contribution in [0.2, 0.25) is 0 Å². The average Bonchev–Trinajstić information content (AvgIpc) is 2.70. The molecule has 1 heterocycles. The molecule has 29 heavy (non-hydrogen) atoms. The van der Waals surface area contributed by atoms with Gasteiger partial charge in [-0.1, -0.05) is 22.9 Å². The van der Waals surface area contributed by atoms with Gasteiger partial charge in [-0.2, -0.15) is 9.78 Å². The molecule has 0 bridgehead atoms. The van der Waals surface area contributed by atoms with E-state index in [0.717, 1.165) is 19.4 Å². The Labute approximate surface area is 191 Å². The summed E-state index contributed by atoms with van der Waals surface area (Å²) in [5, 5.41) is 4.96. The first-order valence-electron chi connectivity index (χ1n) is 9.33. The minimum Gasteiger partial charge on any atom is -0.490 e. The molecule has 2 aromatic carbocycles. The monoisotopic (exact) mass is 569 g/mol. The van der Waals surface area contributed by atoms with Crippen LogP contribution in [0.4, 0.5) is 0 Å². The molecule has 6 nitrogen and oxygen atoms in total. The van der Waals surface area contributed by atoms with E-state index in [2.05, 4.69) is 48.6 Å². The van der Waals surface area contributed by atoms with Gasteiger partial charge in [-0.3, -0.25) is 4.79 Å². The normalized spacial score (nSPS) is 11.3. The van der Waals surface area contributed by atoms with Gasteiger partial charge in [-0.05, 0) is 72.3 Å². The lowest BCUT2D eigenvalue weighted by Crippen LogP contribution is -2.22. The van der Waals surface area contributed by atoms with Crippen molar-refractivity contribution in [3.63, 3.8) is 0 Å². The molecule has 0 saturated heterocycles. The molecule has 0 amide bonds. The molecule has 0 radical (unpaired) electrons. The van der Waals surface area contributed by atoms with Gasteiger partial charge in [0.15, 0.2) is 11.5 Å². The fraction of sp³-hybridized carbons (Fsp3) is 0.286. The number of ether oxygens (including phenoxy) is 2. The number of benzene rings is 2. The maximum Gasteiger partial charge on any atom is 0.282 e. The summed E-state index contributed by atoms with van der Waals surface area (Å²) >= 11 is 5.62. The quantitative estimate of drug-likeness (QED) is 0.296. The third-order valence-corrected chi connectivity index (χ3v) is 5.43. The van der Waals surface area contributed by atoms with Gasteiger partial charge in [-0.25, -0.2) is 4.98 Å². The Bertz CT molecular complexity index is 1130. The van der Waals surface area contributed by atoms with Crippen molar-refractivity contribution in [2.75, 3.05) is 13.2 Å². The Balaban J connectivity index is 2.09. The van der Waals surface area contributed by atoms with E-state index < -0.39 is 0 Å². The molecule has 0 unspecified atom stereocenters. The first-order valence-corrected chi connectivity index (χ1v) is 11.2. The van der Waals surface area contributed by atoms with Gasteiger partial charge in [0.05, 0.1) is 33.9 Å². The summed E-state index contributed by atoms with van der Waals surface area (Å²) in [6.07, 6.45) is 2.23. The number of aromatic nitrogens is 2. The highest BCUT2D eigenvalue weighted by Crippen LogP contribution is 2.33. The molecule has 0 aliphatic carbocycles. The largest absolute Gasteiger partial charge is 0.490 e. The van der Waals surface area contributed by atoms with Crippen molar-refractivity contribution in [2.24, 2.45) is 5.10 Å². The Morgan fingerprint density at radius 3 is 2.62 bits per heavy atom. The van der Waals surface area contributed by atoms with Crippen LogP contribution >= 0.6 is 38.5 Å². The van der Waals surface area contributed by atoms with Crippen LogP contribution in [0.5, 0.6) is 11.5 Å². The van der Waals surface area contributed by atoms with Crippen LogP contribution in [0.1, 0.15) is 32.2 Å². The van der Waals surface area contributed by atoms with Gasteiger partial charge >= 0.3 is 0 Å². The summed E-state index contributed by atoms with van der Waals surface area (Å²) in [5.74, 6) is 1.98. The average molecular weight is 570 g/mol. The number of hydrogen-bond acceptors (Lipinski definition) is 5. The Hall–Kier alpha value is -1.94. The Morgan fingerprint density at radius 2 is 1.93 bits per heavy atom. The van der Waals surface area contributed by atoms with E-state index in [1.807, 2.05) is 45.0 Å². The Kier molecular flexibility index (Phi) is 7.28. The number of hydrogen-bond donors (Lipinski definition) is 0. The summed E-state index contributed by atoms with van der Waals surface area (Å²) < 4.78 is 14.5. The smallest absolute Gasteiger partial charge is 0.282 e. The van der Waals surface area contributed by atoms with E-state index in [1.165, 1.54) is 4.68 Å². The third kappa shape index (κ3) is 4.80. The van der Waals surface area contributed by atoms with E-state index in [1.54, 1.807) is 12.3 Å². The molecule has 152 valence electrons. The molecular formula is C21H21BrIN3O3. The minimum atomic E-state index is -0.199. The summed E-state index contributed by atoms with van der Waals surface area (Å²) in [6.45, 7) is 6.89. The standard InChI is InChI=1S/C21H21BrIN3O3/c1-4-19-25-17-8-7-14(22)11-15(17)21(27)26(19)24-12-13-9-16(23)20(29-6-3)18(10-13)28-5-2/h7-12H,4-6H2,1-3H3. The molecule has 0 saturated carbocycles. The molecule has 0 N–H and O–H groups in total. The van der Waals surface area contributed by atoms with Crippen LogP contribution in [0.15, 0.2) is 44.7 Å². The van der Waals surface area contributed by atoms with Crippen molar-refractivity contribution in [3.05, 3.63) is 60.1 Å². The van der Waals surface area contributed by atoms with Crippen LogP contribution in [-0.4, -0.2) is 29.1 Å².